The molecule has 0 saturated heterocycles. The van der Waals surface area contributed by atoms with Crippen molar-refractivity contribution in [1.82, 2.24) is 0 Å². The Morgan fingerprint density at radius 3 is 1.89 bits per heavy atom. The lowest BCUT2D eigenvalue weighted by molar-refractivity contribution is -0.137. The Morgan fingerprint density at radius 2 is 1.29 bits per heavy atom. The van der Waals surface area contributed by atoms with Crippen molar-refractivity contribution in [1.29, 1.82) is 0 Å². The fourth-order valence-corrected chi connectivity index (χ4v) is 3.02. The molecule has 0 heterocycles. The van der Waals surface area contributed by atoms with Gasteiger partial charge in [0.15, 0.2) is 0 Å². The van der Waals surface area contributed by atoms with E-state index in [9.17, 15) is 4.79 Å². The Bertz CT molecular complexity index is 519. The van der Waals surface area contributed by atoms with Gasteiger partial charge in [-0.05, 0) is 36.6 Å². The van der Waals surface area contributed by atoms with E-state index in [4.69, 9.17) is 9.47 Å². The first-order valence-corrected chi connectivity index (χ1v) is 11.3. The van der Waals surface area contributed by atoms with Crippen LogP contribution in [0.25, 0.3) is 6.08 Å². The molecule has 0 unspecified atom stereocenters. The molecule has 1 aromatic rings. The number of esters is 1. The van der Waals surface area contributed by atoms with Gasteiger partial charge < -0.3 is 9.47 Å². The number of hydrogen-bond acceptors (Lipinski definition) is 3. The molecule has 0 atom stereocenters. The SMILES string of the molecule is CCCCCCCCOC(=O)C=Cc1ccc(OCCCCCCCC)cc1. The fraction of sp³-hybridized carbons (Fsp3) is 0.640. The normalized spacial score (nSPS) is 11.1. The van der Waals surface area contributed by atoms with Gasteiger partial charge in [0.2, 0.25) is 0 Å². The van der Waals surface area contributed by atoms with Crippen molar-refractivity contribution in [3.63, 3.8) is 0 Å². The maximum Gasteiger partial charge on any atom is 0.330 e. The molecular weight excluding hydrogens is 348 g/mol. The van der Waals surface area contributed by atoms with E-state index in [1.165, 1.54) is 63.9 Å². The van der Waals surface area contributed by atoms with Crippen molar-refractivity contribution in [3.8, 4) is 5.75 Å². The zero-order chi connectivity index (χ0) is 20.3. The Morgan fingerprint density at radius 1 is 0.750 bits per heavy atom. The minimum absolute atomic E-state index is 0.267. The van der Waals surface area contributed by atoms with Crippen LogP contribution in [-0.2, 0) is 9.53 Å². The van der Waals surface area contributed by atoms with Gasteiger partial charge in [0.05, 0.1) is 13.2 Å². The second kappa shape index (κ2) is 17.3. The molecule has 1 aromatic carbocycles. The highest BCUT2D eigenvalue weighted by atomic mass is 16.5. The summed E-state index contributed by atoms with van der Waals surface area (Å²) in [4.78, 5) is 11.8. The molecule has 0 aliphatic carbocycles. The van der Waals surface area contributed by atoms with E-state index in [0.29, 0.717) is 6.61 Å². The molecule has 1 rings (SSSR count). The third kappa shape index (κ3) is 13.4. The van der Waals surface area contributed by atoms with E-state index >= 15 is 0 Å². The lowest BCUT2D eigenvalue weighted by Gasteiger charge is -2.06. The number of benzene rings is 1. The molecule has 0 aromatic heterocycles. The number of carbonyl (C=O) groups excluding carboxylic acids is 1. The van der Waals surface area contributed by atoms with E-state index in [2.05, 4.69) is 13.8 Å². The maximum absolute atomic E-state index is 11.8. The summed E-state index contributed by atoms with van der Waals surface area (Å²) < 4.78 is 11.0. The van der Waals surface area contributed by atoms with Crippen LogP contribution in [0.1, 0.15) is 96.5 Å². The van der Waals surface area contributed by atoms with Crippen LogP contribution in [-0.4, -0.2) is 19.2 Å². The molecule has 0 spiro atoms. The Balaban J connectivity index is 2.13. The van der Waals surface area contributed by atoms with Gasteiger partial charge in [-0.2, -0.15) is 0 Å². The van der Waals surface area contributed by atoms with Crippen LogP contribution in [0.4, 0.5) is 0 Å². The zero-order valence-electron chi connectivity index (χ0n) is 18.1. The van der Waals surface area contributed by atoms with Crippen LogP contribution in [0.15, 0.2) is 30.3 Å². The average molecular weight is 389 g/mol. The van der Waals surface area contributed by atoms with Crippen LogP contribution < -0.4 is 4.74 Å². The smallest absolute Gasteiger partial charge is 0.330 e. The summed E-state index contributed by atoms with van der Waals surface area (Å²) in [6.45, 7) is 5.74. The maximum atomic E-state index is 11.8. The van der Waals surface area contributed by atoms with Gasteiger partial charge in [-0.3, -0.25) is 0 Å². The predicted octanol–water partition coefficient (Wildman–Crippen LogP) is 7.34. The standard InChI is InChI=1S/C25H40O3/c1-3-5-7-9-11-13-21-27-24-18-15-23(16-19-24)17-20-25(26)28-22-14-12-10-8-6-4-2/h15-20H,3-14,21-22H2,1-2H3. The molecule has 0 aliphatic heterocycles. The quantitative estimate of drug-likeness (QED) is 0.159. The highest BCUT2D eigenvalue weighted by Crippen LogP contribution is 2.14. The number of ether oxygens (including phenoxy) is 2. The summed E-state index contributed by atoms with van der Waals surface area (Å²) in [5.74, 6) is 0.619. The van der Waals surface area contributed by atoms with Gasteiger partial charge in [0.25, 0.3) is 0 Å². The van der Waals surface area contributed by atoms with Gasteiger partial charge >= 0.3 is 5.97 Å². The van der Waals surface area contributed by atoms with Gasteiger partial charge in [0, 0.05) is 6.08 Å². The third-order valence-electron chi connectivity index (χ3n) is 4.80. The van der Waals surface area contributed by atoms with Crippen LogP contribution >= 0.6 is 0 Å². The Hall–Kier alpha value is -1.77. The highest BCUT2D eigenvalue weighted by Gasteiger charge is 1.99. The summed E-state index contributed by atoms with van der Waals surface area (Å²) in [5.41, 5.74) is 0.975. The third-order valence-corrected chi connectivity index (χ3v) is 4.80. The summed E-state index contributed by atoms with van der Waals surface area (Å²) in [6.07, 6.45) is 18.0. The van der Waals surface area contributed by atoms with Gasteiger partial charge in [-0.1, -0.05) is 90.2 Å². The van der Waals surface area contributed by atoms with Crippen molar-refractivity contribution < 1.29 is 14.3 Å². The summed E-state index contributed by atoms with van der Waals surface area (Å²) in [6, 6.07) is 7.85. The molecule has 0 radical (unpaired) electrons. The lowest BCUT2D eigenvalue weighted by Crippen LogP contribution is -2.02. The number of hydrogen-bond donors (Lipinski definition) is 0. The minimum atomic E-state index is -0.267. The van der Waals surface area contributed by atoms with E-state index < -0.39 is 0 Å². The Kier molecular flexibility index (Phi) is 15.0. The number of rotatable bonds is 17. The summed E-state index contributed by atoms with van der Waals surface area (Å²) in [7, 11) is 0. The number of carbonyl (C=O) groups is 1. The molecule has 3 nitrogen and oxygen atoms in total. The van der Waals surface area contributed by atoms with Crippen molar-refractivity contribution in [2.24, 2.45) is 0 Å². The molecule has 0 fully saturated rings. The van der Waals surface area contributed by atoms with Gasteiger partial charge in [-0.15, -0.1) is 0 Å². The van der Waals surface area contributed by atoms with Gasteiger partial charge in [-0.25, -0.2) is 4.79 Å². The first kappa shape index (κ1) is 24.3. The van der Waals surface area contributed by atoms with Crippen LogP contribution in [0, 0.1) is 0 Å². The Labute approximate surface area is 172 Å². The monoisotopic (exact) mass is 388 g/mol. The predicted molar refractivity (Wildman–Crippen MR) is 119 cm³/mol. The van der Waals surface area contributed by atoms with Crippen molar-refractivity contribution in [3.05, 3.63) is 35.9 Å². The summed E-state index contributed by atoms with van der Waals surface area (Å²) >= 11 is 0. The first-order chi connectivity index (χ1) is 13.8. The first-order valence-electron chi connectivity index (χ1n) is 11.3. The largest absolute Gasteiger partial charge is 0.494 e. The summed E-state index contributed by atoms with van der Waals surface area (Å²) in [5, 5.41) is 0. The van der Waals surface area contributed by atoms with E-state index in [1.807, 2.05) is 24.3 Å². The second-order valence-corrected chi connectivity index (χ2v) is 7.45. The molecule has 28 heavy (non-hydrogen) atoms. The van der Waals surface area contributed by atoms with Crippen molar-refractivity contribution in [2.75, 3.05) is 13.2 Å². The molecule has 0 aliphatic rings. The van der Waals surface area contributed by atoms with Crippen LogP contribution in [0.2, 0.25) is 0 Å². The fourth-order valence-electron chi connectivity index (χ4n) is 3.02. The molecule has 0 bridgehead atoms. The van der Waals surface area contributed by atoms with E-state index in [0.717, 1.165) is 37.2 Å². The molecule has 158 valence electrons. The number of unbranched alkanes of at least 4 members (excludes halogenated alkanes) is 10. The van der Waals surface area contributed by atoms with Gasteiger partial charge in [0.1, 0.15) is 5.75 Å². The zero-order valence-corrected chi connectivity index (χ0v) is 18.1. The lowest BCUT2D eigenvalue weighted by atomic mass is 10.1. The van der Waals surface area contributed by atoms with Crippen LogP contribution in [0.3, 0.4) is 0 Å². The van der Waals surface area contributed by atoms with Crippen LogP contribution in [0.5, 0.6) is 5.75 Å². The molecule has 3 heteroatoms. The minimum Gasteiger partial charge on any atom is -0.494 e. The average Bonchev–Trinajstić information content (AvgIpc) is 2.72. The highest BCUT2D eigenvalue weighted by molar-refractivity contribution is 5.87. The molecule has 0 amide bonds. The molecular formula is C25H40O3. The second-order valence-electron chi connectivity index (χ2n) is 7.45. The topological polar surface area (TPSA) is 35.5 Å². The van der Waals surface area contributed by atoms with E-state index in [-0.39, 0.29) is 5.97 Å². The van der Waals surface area contributed by atoms with E-state index in [1.54, 1.807) is 6.08 Å². The molecule has 0 N–H and O–H groups in total. The molecule has 0 saturated carbocycles. The van der Waals surface area contributed by atoms with Crippen molar-refractivity contribution in [2.45, 2.75) is 90.9 Å². The van der Waals surface area contributed by atoms with Crippen molar-refractivity contribution >= 4 is 12.0 Å².